The van der Waals surface area contributed by atoms with Crippen molar-refractivity contribution >= 4 is 15.9 Å². The predicted octanol–water partition coefficient (Wildman–Crippen LogP) is 2.49. The Labute approximate surface area is 116 Å². The molecule has 2 N–H and O–H groups in total. The van der Waals surface area contributed by atoms with Crippen LogP contribution < -0.4 is 9.47 Å². The van der Waals surface area contributed by atoms with Gasteiger partial charge in [0.15, 0.2) is 11.5 Å². The van der Waals surface area contributed by atoms with E-state index >= 15 is 0 Å². The first-order valence-corrected chi connectivity index (χ1v) is 6.78. The average molecular weight is 319 g/mol. The lowest BCUT2D eigenvalue weighted by atomic mass is 10.2. The lowest BCUT2D eigenvalue weighted by Gasteiger charge is -2.16. The fourth-order valence-electron chi connectivity index (χ4n) is 1.41. The van der Waals surface area contributed by atoms with E-state index in [1.807, 2.05) is 13.8 Å². The largest absolute Gasteiger partial charge is 0.490 e. The molecule has 0 fully saturated rings. The summed E-state index contributed by atoms with van der Waals surface area (Å²) in [5.74, 6) is 1.13. The van der Waals surface area contributed by atoms with Gasteiger partial charge >= 0.3 is 0 Å². The van der Waals surface area contributed by atoms with Crippen LogP contribution in [0.2, 0.25) is 0 Å². The third kappa shape index (κ3) is 4.15. The van der Waals surface area contributed by atoms with Gasteiger partial charge in [0.1, 0.15) is 6.61 Å². The molecule has 0 spiro atoms. The van der Waals surface area contributed by atoms with Crippen LogP contribution in [-0.4, -0.2) is 29.5 Å². The molecule has 0 aliphatic heterocycles. The number of benzene rings is 1. The van der Waals surface area contributed by atoms with Gasteiger partial charge in [-0.15, -0.1) is 0 Å². The highest BCUT2D eigenvalue weighted by atomic mass is 79.9. The molecule has 18 heavy (non-hydrogen) atoms. The first-order chi connectivity index (χ1) is 8.62. The molecule has 0 saturated heterocycles. The Morgan fingerprint density at radius 2 is 2.00 bits per heavy atom. The molecule has 102 valence electrons. The molecule has 0 bridgehead atoms. The Morgan fingerprint density at radius 3 is 2.56 bits per heavy atom. The minimum absolute atomic E-state index is 0.0590. The molecule has 0 radical (unpaired) electrons. The van der Waals surface area contributed by atoms with Gasteiger partial charge in [-0.05, 0) is 47.0 Å². The van der Waals surface area contributed by atoms with Gasteiger partial charge in [-0.1, -0.05) is 6.92 Å². The number of rotatable bonds is 7. The summed E-state index contributed by atoms with van der Waals surface area (Å²) in [6, 6.07) is 3.51. The van der Waals surface area contributed by atoms with E-state index in [4.69, 9.17) is 14.6 Å². The minimum Gasteiger partial charge on any atom is -0.490 e. The Kier molecular flexibility index (Phi) is 6.46. The van der Waals surface area contributed by atoms with Crippen molar-refractivity contribution in [1.29, 1.82) is 0 Å². The van der Waals surface area contributed by atoms with Crippen molar-refractivity contribution in [2.75, 3.05) is 13.2 Å². The third-order valence-corrected chi connectivity index (χ3v) is 3.03. The molecule has 0 aromatic heterocycles. The summed E-state index contributed by atoms with van der Waals surface area (Å²) in [4.78, 5) is 0. The maximum Gasteiger partial charge on any atom is 0.175 e. The number of hydrogen-bond acceptors (Lipinski definition) is 4. The van der Waals surface area contributed by atoms with E-state index in [-0.39, 0.29) is 13.2 Å². The molecule has 5 heteroatoms. The molecule has 0 aliphatic rings. The average Bonchev–Trinajstić information content (AvgIpc) is 2.37. The summed E-state index contributed by atoms with van der Waals surface area (Å²) in [5, 5.41) is 18.7. The molecular formula is C13H19BrO4. The Bertz CT molecular complexity index is 381. The molecule has 1 aromatic rings. The van der Waals surface area contributed by atoms with Gasteiger partial charge in [0.05, 0.1) is 23.8 Å². The van der Waals surface area contributed by atoms with Crippen molar-refractivity contribution in [1.82, 2.24) is 0 Å². The smallest absolute Gasteiger partial charge is 0.175 e. The van der Waals surface area contributed by atoms with Crippen LogP contribution in [-0.2, 0) is 6.61 Å². The summed E-state index contributed by atoms with van der Waals surface area (Å²) in [5.41, 5.74) is 0.744. The van der Waals surface area contributed by atoms with Crippen molar-refractivity contribution in [2.45, 2.75) is 33.0 Å². The summed E-state index contributed by atoms with van der Waals surface area (Å²) < 4.78 is 11.8. The van der Waals surface area contributed by atoms with Gasteiger partial charge in [-0.3, -0.25) is 0 Å². The zero-order valence-electron chi connectivity index (χ0n) is 10.6. The van der Waals surface area contributed by atoms with E-state index < -0.39 is 6.10 Å². The topological polar surface area (TPSA) is 58.9 Å². The van der Waals surface area contributed by atoms with Crippen LogP contribution in [0.15, 0.2) is 16.6 Å². The molecular weight excluding hydrogens is 300 g/mol. The number of halogens is 1. The van der Waals surface area contributed by atoms with Crippen LogP contribution in [0.1, 0.15) is 25.8 Å². The van der Waals surface area contributed by atoms with Crippen LogP contribution in [0, 0.1) is 0 Å². The van der Waals surface area contributed by atoms with Crippen LogP contribution in [0.3, 0.4) is 0 Å². The number of hydrogen-bond donors (Lipinski definition) is 2. The van der Waals surface area contributed by atoms with E-state index in [2.05, 4.69) is 15.9 Å². The second-order valence-corrected chi connectivity index (χ2v) is 4.72. The number of aliphatic hydroxyl groups is 2. The van der Waals surface area contributed by atoms with Crippen LogP contribution in [0.4, 0.5) is 0 Å². The van der Waals surface area contributed by atoms with E-state index in [0.717, 1.165) is 5.56 Å². The highest BCUT2D eigenvalue weighted by Gasteiger charge is 2.13. The molecule has 0 saturated carbocycles. The molecule has 0 heterocycles. The molecule has 1 atom stereocenters. The van der Waals surface area contributed by atoms with E-state index in [1.54, 1.807) is 12.1 Å². The maximum absolute atomic E-state index is 9.51. The van der Waals surface area contributed by atoms with Gasteiger partial charge in [-0.2, -0.15) is 0 Å². The zero-order chi connectivity index (χ0) is 13.5. The summed E-state index contributed by atoms with van der Waals surface area (Å²) >= 11 is 3.38. The number of ether oxygens (including phenoxy) is 2. The van der Waals surface area contributed by atoms with Gasteiger partial charge in [0.2, 0.25) is 0 Å². The first-order valence-electron chi connectivity index (χ1n) is 5.99. The lowest BCUT2D eigenvalue weighted by molar-refractivity contribution is 0.101. The van der Waals surface area contributed by atoms with Crippen LogP contribution in [0.25, 0.3) is 0 Å². The second kappa shape index (κ2) is 7.61. The third-order valence-electron chi connectivity index (χ3n) is 2.44. The van der Waals surface area contributed by atoms with Crippen LogP contribution >= 0.6 is 15.9 Å². The SMILES string of the molecule is CCOc1cc(CO)cc(Br)c1OCC(O)CC. The lowest BCUT2D eigenvalue weighted by Crippen LogP contribution is -2.16. The van der Waals surface area contributed by atoms with Crippen molar-refractivity contribution in [3.8, 4) is 11.5 Å². The fourth-order valence-corrected chi connectivity index (χ4v) is 2.02. The van der Waals surface area contributed by atoms with Gasteiger partial charge in [0.25, 0.3) is 0 Å². The van der Waals surface area contributed by atoms with Crippen LogP contribution in [0.5, 0.6) is 11.5 Å². The first kappa shape index (κ1) is 15.3. The highest BCUT2D eigenvalue weighted by Crippen LogP contribution is 2.37. The number of aliphatic hydroxyl groups excluding tert-OH is 2. The Balaban J connectivity index is 2.92. The minimum atomic E-state index is -0.496. The second-order valence-electron chi connectivity index (χ2n) is 3.87. The van der Waals surface area contributed by atoms with Gasteiger partial charge in [0, 0.05) is 0 Å². The van der Waals surface area contributed by atoms with Crippen molar-refractivity contribution in [3.63, 3.8) is 0 Å². The predicted molar refractivity (Wildman–Crippen MR) is 73.0 cm³/mol. The molecule has 0 aliphatic carbocycles. The van der Waals surface area contributed by atoms with Gasteiger partial charge < -0.3 is 19.7 Å². The van der Waals surface area contributed by atoms with E-state index in [9.17, 15) is 5.11 Å². The van der Waals surface area contributed by atoms with Crippen molar-refractivity contribution in [2.24, 2.45) is 0 Å². The fraction of sp³-hybridized carbons (Fsp3) is 0.538. The maximum atomic E-state index is 9.51. The van der Waals surface area contributed by atoms with Crippen molar-refractivity contribution in [3.05, 3.63) is 22.2 Å². The van der Waals surface area contributed by atoms with Gasteiger partial charge in [-0.25, -0.2) is 0 Å². The Hall–Kier alpha value is -0.780. The summed E-state index contributed by atoms with van der Waals surface area (Å²) in [6.45, 7) is 4.43. The summed E-state index contributed by atoms with van der Waals surface area (Å²) in [6.07, 6.45) is 0.139. The highest BCUT2D eigenvalue weighted by molar-refractivity contribution is 9.10. The quantitative estimate of drug-likeness (QED) is 0.811. The standard InChI is InChI=1S/C13H19BrO4/c1-3-10(16)8-18-13-11(14)5-9(7-15)6-12(13)17-4-2/h5-6,10,15-16H,3-4,7-8H2,1-2H3. The summed E-state index contributed by atoms with van der Waals surface area (Å²) in [7, 11) is 0. The zero-order valence-corrected chi connectivity index (χ0v) is 12.2. The molecule has 1 rings (SSSR count). The monoisotopic (exact) mass is 318 g/mol. The molecule has 0 amide bonds. The molecule has 4 nitrogen and oxygen atoms in total. The Morgan fingerprint density at radius 1 is 1.28 bits per heavy atom. The molecule has 1 unspecified atom stereocenters. The normalized spacial score (nSPS) is 12.3. The van der Waals surface area contributed by atoms with E-state index in [1.165, 1.54) is 0 Å². The van der Waals surface area contributed by atoms with E-state index in [0.29, 0.717) is 29.0 Å². The van der Waals surface area contributed by atoms with Crippen molar-refractivity contribution < 1.29 is 19.7 Å². The molecule has 1 aromatic carbocycles.